The van der Waals surface area contributed by atoms with Gasteiger partial charge in [0.2, 0.25) is 0 Å². The number of hydrogen-bond acceptors (Lipinski definition) is 5. The lowest BCUT2D eigenvalue weighted by atomic mass is 10.1. The summed E-state index contributed by atoms with van der Waals surface area (Å²) >= 11 is 3.11. The number of aromatic nitrogens is 2. The molecule has 8 heteroatoms. The summed E-state index contributed by atoms with van der Waals surface area (Å²) in [6, 6.07) is 7.49. The third-order valence-electron chi connectivity index (χ3n) is 3.44. The van der Waals surface area contributed by atoms with Gasteiger partial charge < -0.3 is 10.6 Å². The third kappa shape index (κ3) is 4.09. The molecule has 24 heavy (non-hydrogen) atoms. The van der Waals surface area contributed by atoms with Gasteiger partial charge in [0.05, 0.1) is 12.6 Å². The lowest BCUT2D eigenvalue weighted by Gasteiger charge is -2.17. The van der Waals surface area contributed by atoms with Gasteiger partial charge in [-0.2, -0.15) is 16.4 Å². The van der Waals surface area contributed by atoms with Gasteiger partial charge in [-0.25, -0.2) is 0 Å². The number of rotatable bonds is 6. The van der Waals surface area contributed by atoms with E-state index < -0.39 is 11.8 Å². The fourth-order valence-electron chi connectivity index (χ4n) is 2.22. The van der Waals surface area contributed by atoms with Gasteiger partial charge in [-0.15, -0.1) is 11.3 Å². The fraction of sp³-hybridized carbons (Fsp3) is 0.188. The Labute approximate surface area is 147 Å². The van der Waals surface area contributed by atoms with E-state index in [0.717, 1.165) is 10.4 Å². The Hall–Kier alpha value is -2.45. The first-order valence-corrected chi connectivity index (χ1v) is 9.16. The van der Waals surface area contributed by atoms with Crippen LogP contribution in [0.3, 0.4) is 0 Å². The summed E-state index contributed by atoms with van der Waals surface area (Å²) in [5.41, 5.74) is 1.04. The molecule has 1 atom stereocenters. The van der Waals surface area contributed by atoms with Gasteiger partial charge in [-0.3, -0.25) is 14.3 Å². The first-order chi connectivity index (χ1) is 11.7. The largest absolute Gasteiger partial charge is 0.345 e. The van der Waals surface area contributed by atoms with E-state index in [1.165, 1.54) is 11.3 Å². The SMILES string of the molecule is O=C(NCc1cccs1)C(=O)NCC(c1ccsc1)n1cccn1. The van der Waals surface area contributed by atoms with Crippen LogP contribution in [0.4, 0.5) is 0 Å². The maximum absolute atomic E-state index is 12.0. The molecule has 3 heterocycles. The topological polar surface area (TPSA) is 76.0 Å². The molecule has 0 saturated heterocycles. The highest BCUT2D eigenvalue weighted by Gasteiger charge is 2.19. The summed E-state index contributed by atoms with van der Waals surface area (Å²) in [5, 5.41) is 15.4. The molecule has 0 aliphatic carbocycles. The molecule has 3 aromatic rings. The van der Waals surface area contributed by atoms with Crippen LogP contribution in [0.2, 0.25) is 0 Å². The Morgan fingerprint density at radius 3 is 2.71 bits per heavy atom. The molecule has 0 bridgehead atoms. The van der Waals surface area contributed by atoms with Crippen molar-refractivity contribution in [3.05, 3.63) is 63.2 Å². The van der Waals surface area contributed by atoms with Crippen LogP contribution in [-0.4, -0.2) is 28.1 Å². The predicted octanol–water partition coefficient (Wildman–Crippen LogP) is 2.03. The van der Waals surface area contributed by atoms with Gasteiger partial charge in [0.15, 0.2) is 0 Å². The van der Waals surface area contributed by atoms with Crippen molar-refractivity contribution in [2.75, 3.05) is 6.54 Å². The highest BCUT2D eigenvalue weighted by Crippen LogP contribution is 2.19. The first kappa shape index (κ1) is 16.4. The average Bonchev–Trinajstić information content (AvgIpc) is 3.35. The number of carbonyl (C=O) groups is 2. The molecule has 2 amide bonds. The second-order valence-corrected chi connectivity index (χ2v) is 6.84. The molecule has 0 aromatic carbocycles. The minimum Gasteiger partial charge on any atom is -0.345 e. The Bertz CT molecular complexity index is 733. The summed E-state index contributed by atoms with van der Waals surface area (Å²) in [5.74, 6) is -1.27. The van der Waals surface area contributed by atoms with Gasteiger partial charge in [0, 0.05) is 23.8 Å². The Balaban J connectivity index is 1.56. The molecule has 0 saturated carbocycles. The predicted molar refractivity (Wildman–Crippen MR) is 93.9 cm³/mol. The van der Waals surface area contributed by atoms with E-state index in [1.54, 1.807) is 22.2 Å². The first-order valence-electron chi connectivity index (χ1n) is 7.33. The van der Waals surface area contributed by atoms with Gasteiger partial charge >= 0.3 is 11.8 Å². The molecule has 0 aliphatic heterocycles. The second kappa shape index (κ2) is 7.89. The zero-order valence-electron chi connectivity index (χ0n) is 12.7. The van der Waals surface area contributed by atoms with Crippen LogP contribution in [0, 0.1) is 0 Å². The van der Waals surface area contributed by atoms with Crippen molar-refractivity contribution in [1.82, 2.24) is 20.4 Å². The van der Waals surface area contributed by atoms with Crippen molar-refractivity contribution in [2.24, 2.45) is 0 Å². The van der Waals surface area contributed by atoms with Crippen LogP contribution in [0.25, 0.3) is 0 Å². The smallest absolute Gasteiger partial charge is 0.309 e. The van der Waals surface area contributed by atoms with E-state index in [1.807, 2.05) is 46.6 Å². The maximum Gasteiger partial charge on any atom is 0.309 e. The molecular weight excluding hydrogens is 344 g/mol. The minimum atomic E-state index is -0.640. The van der Waals surface area contributed by atoms with Gasteiger partial charge in [0.25, 0.3) is 0 Å². The lowest BCUT2D eigenvalue weighted by molar-refractivity contribution is -0.139. The molecule has 3 rings (SSSR count). The van der Waals surface area contributed by atoms with Crippen LogP contribution >= 0.6 is 22.7 Å². The van der Waals surface area contributed by atoms with E-state index >= 15 is 0 Å². The van der Waals surface area contributed by atoms with Gasteiger partial charge in [0.1, 0.15) is 0 Å². The zero-order chi connectivity index (χ0) is 16.8. The zero-order valence-corrected chi connectivity index (χ0v) is 14.3. The lowest BCUT2D eigenvalue weighted by Crippen LogP contribution is -2.41. The van der Waals surface area contributed by atoms with Crippen molar-refractivity contribution >= 4 is 34.5 Å². The summed E-state index contributed by atoms with van der Waals surface area (Å²) in [6.07, 6.45) is 3.53. The van der Waals surface area contributed by atoms with E-state index in [9.17, 15) is 9.59 Å². The van der Waals surface area contributed by atoms with E-state index in [0.29, 0.717) is 13.1 Å². The quantitative estimate of drug-likeness (QED) is 0.661. The van der Waals surface area contributed by atoms with Crippen LogP contribution in [0.5, 0.6) is 0 Å². The summed E-state index contributed by atoms with van der Waals surface area (Å²) in [7, 11) is 0. The molecule has 0 radical (unpaired) electrons. The van der Waals surface area contributed by atoms with Gasteiger partial charge in [-0.1, -0.05) is 6.07 Å². The van der Waals surface area contributed by atoms with E-state index in [2.05, 4.69) is 15.7 Å². The van der Waals surface area contributed by atoms with Crippen molar-refractivity contribution in [2.45, 2.75) is 12.6 Å². The molecule has 6 nitrogen and oxygen atoms in total. The fourth-order valence-corrected chi connectivity index (χ4v) is 3.58. The molecule has 2 N–H and O–H groups in total. The molecule has 0 fully saturated rings. The number of thiophene rings is 2. The normalized spacial score (nSPS) is 11.8. The molecule has 124 valence electrons. The maximum atomic E-state index is 12.0. The number of carbonyl (C=O) groups excluding carboxylic acids is 2. The number of hydrogen-bond donors (Lipinski definition) is 2. The average molecular weight is 360 g/mol. The molecular formula is C16H16N4O2S2. The van der Waals surface area contributed by atoms with Crippen molar-refractivity contribution in [3.63, 3.8) is 0 Å². The Morgan fingerprint density at radius 2 is 2.04 bits per heavy atom. The highest BCUT2D eigenvalue weighted by atomic mass is 32.1. The minimum absolute atomic E-state index is 0.139. The van der Waals surface area contributed by atoms with E-state index in [4.69, 9.17) is 0 Å². The molecule has 0 aliphatic rings. The van der Waals surface area contributed by atoms with Crippen LogP contribution in [0.15, 0.2) is 52.8 Å². The van der Waals surface area contributed by atoms with Crippen molar-refractivity contribution < 1.29 is 9.59 Å². The monoisotopic (exact) mass is 360 g/mol. The van der Waals surface area contributed by atoms with Crippen molar-refractivity contribution in [3.8, 4) is 0 Å². The van der Waals surface area contributed by atoms with Crippen LogP contribution in [0.1, 0.15) is 16.5 Å². The van der Waals surface area contributed by atoms with E-state index in [-0.39, 0.29) is 6.04 Å². The summed E-state index contributed by atoms with van der Waals surface area (Å²) in [6.45, 7) is 0.653. The number of amides is 2. The summed E-state index contributed by atoms with van der Waals surface area (Å²) in [4.78, 5) is 24.9. The summed E-state index contributed by atoms with van der Waals surface area (Å²) < 4.78 is 1.77. The second-order valence-electron chi connectivity index (χ2n) is 5.03. The van der Waals surface area contributed by atoms with Crippen molar-refractivity contribution in [1.29, 1.82) is 0 Å². The van der Waals surface area contributed by atoms with Crippen LogP contribution < -0.4 is 10.6 Å². The Kier molecular flexibility index (Phi) is 5.39. The molecule has 1 unspecified atom stereocenters. The molecule has 3 aromatic heterocycles. The standard InChI is InChI=1S/C16H16N4O2S2/c21-15(17-9-13-3-1-7-24-13)16(22)18-10-14(12-4-8-23-11-12)20-6-2-5-19-20/h1-8,11,14H,9-10H2,(H,17,21)(H,18,22). The van der Waals surface area contributed by atoms with Crippen LogP contribution in [-0.2, 0) is 16.1 Å². The number of nitrogens with zero attached hydrogens (tertiary/aromatic N) is 2. The third-order valence-corrected chi connectivity index (χ3v) is 5.02. The number of nitrogens with one attached hydrogen (secondary N) is 2. The molecule has 0 spiro atoms. The Morgan fingerprint density at radius 1 is 1.17 bits per heavy atom. The highest BCUT2D eigenvalue weighted by molar-refractivity contribution is 7.09. The van der Waals surface area contributed by atoms with Gasteiger partial charge in [-0.05, 0) is 39.9 Å².